The topological polar surface area (TPSA) is 28.2 Å². The van der Waals surface area contributed by atoms with Crippen molar-refractivity contribution in [2.75, 3.05) is 18.4 Å². The molecule has 104 valence electrons. The molecule has 0 radical (unpaired) electrons. The van der Waals surface area contributed by atoms with Gasteiger partial charge in [-0.2, -0.15) is 0 Å². The number of nitrogens with one attached hydrogen (secondary N) is 1. The molecular formula is C17H21N3. The molecule has 0 bridgehead atoms. The summed E-state index contributed by atoms with van der Waals surface area (Å²) in [6.45, 7) is 2.58. The quantitative estimate of drug-likeness (QED) is 0.905. The minimum atomic E-state index is 0.628. The summed E-state index contributed by atoms with van der Waals surface area (Å²) < 4.78 is 0. The number of fused-ring (bicyclic) bond motifs is 2. The molecule has 2 aliphatic rings. The SMILES string of the molecule is c1cnc2ccc(NC3CCN4CCCC4C3)cc2c1. The second-order valence-corrected chi connectivity index (χ2v) is 6.11. The monoisotopic (exact) mass is 267 g/mol. The van der Waals surface area contributed by atoms with E-state index in [0.29, 0.717) is 6.04 Å². The van der Waals surface area contributed by atoms with Crippen molar-refractivity contribution in [3.05, 3.63) is 36.5 Å². The summed E-state index contributed by atoms with van der Waals surface area (Å²) in [5.41, 5.74) is 2.31. The summed E-state index contributed by atoms with van der Waals surface area (Å²) in [7, 11) is 0. The number of hydrogen-bond acceptors (Lipinski definition) is 3. The Morgan fingerprint density at radius 2 is 2.15 bits per heavy atom. The number of benzene rings is 1. The highest BCUT2D eigenvalue weighted by molar-refractivity contribution is 5.82. The van der Waals surface area contributed by atoms with E-state index < -0.39 is 0 Å². The molecule has 2 aliphatic heterocycles. The number of piperidine rings is 1. The number of hydrogen-bond donors (Lipinski definition) is 1. The van der Waals surface area contributed by atoms with Crippen LogP contribution in [-0.2, 0) is 0 Å². The van der Waals surface area contributed by atoms with Crippen LogP contribution >= 0.6 is 0 Å². The Balaban J connectivity index is 1.49. The number of nitrogens with zero attached hydrogens (tertiary/aromatic N) is 2. The fourth-order valence-electron chi connectivity index (χ4n) is 3.76. The van der Waals surface area contributed by atoms with Crippen LogP contribution in [-0.4, -0.2) is 35.1 Å². The number of aromatic nitrogens is 1. The Bertz CT molecular complexity index is 610. The lowest BCUT2D eigenvalue weighted by Crippen LogP contribution is -2.42. The highest BCUT2D eigenvalue weighted by atomic mass is 15.2. The van der Waals surface area contributed by atoms with Gasteiger partial charge in [-0.25, -0.2) is 0 Å². The summed E-state index contributed by atoms with van der Waals surface area (Å²) in [4.78, 5) is 7.05. The molecule has 0 saturated carbocycles. The predicted octanol–water partition coefficient (Wildman–Crippen LogP) is 3.27. The van der Waals surface area contributed by atoms with E-state index in [1.54, 1.807) is 0 Å². The van der Waals surface area contributed by atoms with Gasteiger partial charge in [0.25, 0.3) is 0 Å². The molecule has 2 fully saturated rings. The van der Waals surface area contributed by atoms with E-state index in [2.05, 4.69) is 39.5 Å². The zero-order valence-corrected chi connectivity index (χ0v) is 11.8. The predicted molar refractivity (Wildman–Crippen MR) is 83.0 cm³/mol. The zero-order valence-electron chi connectivity index (χ0n) is 11.8. The first-order chi connectivity index (χ1) is 9.88. The molecule has 2 atom stereocenters. The second kappa shape index (κ2) is 5.06. The molecule has 1 N–H and O–H groups in total. The molecule has 0 aliphatic carbocycles. The first-order valence-electron chi connectivity index (χ1n) is 7.74. The van der Waals surface area contributed by atoms with E-state index in [1.165, 1.54) is 49.8 Å². The Kier molecular flexibility index (Phi) is 3.07. The average molecular weight is 267 g/mol. The first-order valence-corrected chi connectivity index (χ1v) is 7.74. The van der Waals surface area contributed by atoms with Crippen molar-refractivity contribution < 1.29 is 0 Å². The van der Waals surface area contributed by atoms with Gasteiger partial charge in [0.05, 0.1) is 5.52 Å². The molecule has 4 rings (SSSR count). The maximum Gasteiger partial charge on any atom is 0.0703 e. The van der Waals surface area contributed by atoms with Crippen LogP contribution in [0.25, 0.3) is 10.9 Å². The summed E-state index contributed by atoms with van der Waals surface area (Å²) >= 11 is 0. The molecule has 2 saturated heterocycles. The summed E-state index contributed by atoms with van der Waals surface area (Å²) in [6.07, 6.45) is 7.19. The van der Waals surface area contributed by atoms with Crippen LogP contribution in [0, 0.1) is 0 Å². The molecule has 3 heterocycles. The van der Waals surface area contributed by atoms with Crippen LogP contribution in [0.5, 0.6) is 0 Å². The van der Waals surface area contributed by atoms with Crippen molar-refractivity contribution in [3.63, 3.8) is 0 Å². The standard InChI is InChI=1S/C17H21N3/c1-3-13-11-14(5-6-17(13)18-8-1)19-15-7-10-20-9-2-4-16(20)12-15/h1,3,5-6,8,11,15-16,19H,2,4,7,9-10,12H2. The minimum absolute atomic E-state index is 0.628. The van der Waals surface area contributed by atoms with Gasteiger partial charge in [0.2, 0.25) is 0 Å². The molecule has 0 amide bonds. The van der Waals surface area contributed by atoms with Crippen molar-refractivity contribution in [2.24, 2.45) is 0 Å². The molecule has 2 aromatic rings. The zero-order chi connectivity index (χ0) is 13.4. The van der Waals surface area contributed by atoms with Crippen LogP contribution < -0.4 is 5.32 Å². The van der Waals surface area contributed by atoms with E-state index in [-0.39, 0.29) is 0 Å². The van der Waals surface area contributed by atoms with Gasteiger partial charge in [-0.15, -0.1) is 0 Å². The van der Waals surface area contributed by atoms with E-state index in [0.717, 1.165) is 11.6 Å². The van der Waals surface area contributed by atoms with Crippen molar-refractivity contribution in [1.82, 2.24) is 9.88 Å². The van der Waals surface area contributed by atoms with Crippen molar-refractivity contribution in [1.29, 1.82) is 0 Å². The Morgan fingerprint density at radius 3 is 3.15 bits per heavy atom. The third kappa shape index (κ3) is 2.27. The van der Waals surface area contributed by atoms with Crippen LogP contribution in [0.15, 0.2) is 36.5 Å². The van der Waals surface area contributed by atoms with Gasteiger partial charge in [0.1, 0.15) is 0 Å². The molecule has 3 heteroatoms. The number of pyridine rings is 1. The molecule has 0 spiro atoms. The fraction of sp³-hybridized carbons (Fsp3) is 0.471. The lowest BCUT2D eigenvalue weighted by Gasteiger charge is -2.35. The van der Waals surface area contributed by atoms with Gasteiger partial charge in [0, 0.05) is 35.9 Å². The largest absolute Gasteiger partial charge is 0.382 e. The van der Waals surface area contributed by atoms with Gasteiger partial charge < -0.3 is 10.2 Å². The van der Waals surface area contributed by atoms with Crippen LogP contribution in [0.2, 0.25) is 0 Å². The van der Waals surface area contributed by atoms with Gasteiger partial charge in [-0.05, 0) is 56.5 Å². The van der Waals surface area contributed by atoms with Gasteiger partial charge in [-0.3, -0.25) is 4.98 Å². The van der Waals surface area contributed by atoms with Gasteiger partial charge in [0.15, 0.2) is 0 Å². The lowest BCUT2D eigenvalue weighted by atomic mass is 9.97. The molecule has 20 heavy (non-hydrogen) atoms. The lowest BCUT2D eigenvalue weighted by molar-refractivity contribution is 0.188. The maximum absolute atomic E-state index is 4.38. The smallest absolute Gasteiger partial charge is 0.0703 e. The summed E-state index contributed by atoms with van der Waals surface area (Å²) in [6, 6.07) is 12.1. The van der Waals surface area contributed by atoms with Crippen molar-refractivity contribution in [3.8, 4) is 0 Å². The van der Waals surface area contributed by atoms with Gasteiger partial charge in [-0.1, -0.05) is 6.07 Å². The maximum atomic E-state index is 4.38. The van der Waals surface area contributed by atoms with E-state index in [1.807, 2.05) is 12.3 Å². The Hall–Kier alpha value is -1.61. The molecule has 2 unspecified atom stereocenters. The van der Waals surface area contributed by atoms with Gasteiger partial charge >= 0.3 is 0 Å². The number of rotatable bonds is 2. The third-order valence-corrected chi connectivity index (χ3v) is 4.79. The average Bonchev–Trinajstić information content (AvgIpc) is 2.95. The van der Waals surface area contributed by atoms with Crippen LogP contribution in [0.4, 0.5) is 5.69 Å². The highest BCUT2D eigenvalue weighted by Gasteiger charge is 2.31. The van der Waals surface area contributed by atoms with Crippen LogP contribution in [0.3, 0.4) is 0 Å². The minimum Gasteiger partial charge on any atom is -0.382 e. The molecule has 1 aromatic carbocycles. The van der Waals surface area contributed by atoms with E-state index in [9.17, 15) is 0 Å². The Morgan fingerprint density at radius 1 is 1.15 bits per heavy atom. The summed E-state index contributed by atoms with van der Waals surface area (Å²) in [5, 5.41) is 4.95. The first kappa shape index (κ1) is 12.2. The third-order valence-electron chi connectivity index (χ3n) is 4.79. The second-order valence-electron chi connectivity index (χ2n) is 6.11. The molecule has 3 nitrogen and oxygen atoms in total. The number of anilines is 1. The van der Waals surface area contributed by atoms with Crippen molar-refractivity contribution in [2.45, 2.75) is 37.8 Å². The van der Waals surface area contributed by atoms with Crippen molar-refractivity contribution >= 4 is 16.6 Å². The van der Waals surface area contributed by atoms with E-state index >= 15 is 0 Å². The van der Waals surface area contributed by atoms with E-state index in [4.69, 9.17) is 0 Å². The molecule has 1 aromatic heterocycles. The van der Waals surface area contributed by atoms with Crippen LogP contribution in [0.1, 0.15) is 25.7 Å². The highest BCUT2D eigenvalue weighted by Crippen LogP contribution is 2.29. The molecular weight excluding hydrogens is 246 g/mol. The Labute approximate surface area is 120 Å². The summed E-state index contributed by atoms with van der Waals surface area (Å²) in [5.74, 6) is 0. The normalized spacial score (nSPS) is 26.6. The fourth-order valence-corrected chi connectivity index (χ4v) is 3.76.